The molecule has 2 heterocycles. The van der Waals surface area contributed by atoms with Crippen LogP contribution in [-0.2, 0) is 24.2 Å². The van der Waals surface area contributed by atoms with Gasteiger partial charge in [-0.2, -0.15) is 0 Å². The topological polar surface area (TPSA) is 59.8 Å². The lowest BCUT2D eigenvalue weighted by Crippen LogP contribution is -2.25. The van der Waals surface area contributed by atoms with E-state index in [1.807, 2.05) is 0 Å². The van der Waals surface area contributed by atoms with Gasteiger partial charge >= 0.3 is 0 Å². The number of carbonyl (C=O) groups is 1. The fraction of sp³-hybridized carbons (Fsp3) is 0.706. The van der Waals surface area contributed by atoms with Crippen molar-refractivity contribution in [3.63, 3.8) is 0 Å². The van der Waals surface area contributed by atoms with E-state index in [9.17, 15) is 4.79 Å². The van der Waals surface area contributed by atoms with Crippen molar-refractivity contribution in [3.8, 4) is 0 Å². The summed E-state index contributed by atoms with van der Waals surface area (Å²) in [7, 11) is 0. The predicted molar refractivity (Wildman–Crippen MR) is 85.4 cm³/mol. The van der Waals surface area contributed by atoms with E-state index in [0.717, 1.165) is 49.8 Å². The van der Waals surface area contributed by atoms with Gasteiger partial charge in [-0.3, -0.25) is 4.79 Å². The third-order valence-corrected chi connectivity index (χ3v) is 4.74. The first-order chi connectivity index (χ1) is 10.7. The molecule has 1 aliphatic heterocycles. The quantitative estimate of drug-likeness (QED) is 0.869. The van der Waals surface area contributed by atoms with Crippen molar-refractivity contribution in [1.82, 2.24) is 20.1 Å². The molecule has 22 heavy (non-hydrogen) atoms. The third-order valence-electron chi connectivity index (χ3n) is 4.74. The Kier molecular flexibility index (Phi) is 4.90. The Morgan fingerprint density at radius 1 is 1.32 bits per heavy atom. The smallest absolute Gasteiger partial charge is 0.243 e. The minimum Gasteiger partial charge on any atom is -0.352 e. The summed E-state index contributed by atoms with van der Waals surface area (Å²) in [5.74, 6) is 2.89. The van der Waals surface area contributed by atoms with E-state index in [2.05, 4.69) is 27.0 Å². The first-order valence-electron chi connectivity index (χ1n) is 8.60. The fourth-order valence-corrected chi connectivity index (χ4v) is 3.48. The van der Waals surface area contributed by atoms with Gasteiger partial charge in [-0.15, -0.1) is 10.2 Å². The largest absolute Gasteiger partial charge is 0.352 e. The molecule has 0 radical (unpaired) electrons. The monoisotopic (exact) mass is 302 g/mol. The van der Waals surface area contributed by atoms with Crippen LogP contribution in [-0.4, -0.2) is 27.2 Å². The van der Waals surface area contributed by atoms with Gasteiger partial charge in [0.15, 0.2) is 0 Å². The molecule has 2 aliphatic rings. The van der Waals surface area contributed by atoms with Gasteiger partial charge in [0.2, 0.25) is 5.91 Å². The van der Waals surface area contributed by atoms with Crippen LogP contribution >= 0.6 is 0 Å². The van der Waals surface area contributed by atoms with E-state index in [0.29, 0.717) is 6.54 Å². The Morgan fingerprint density at radius 3 is 3.05 bits per heavy atom. The van der Waals surface area contributed by atoms with E-state index in [1.165, 1.54) is 31.3 Å². The molecule has 3 rings (SSSR count). The fourth-order valence-electron chi connectivity index (χ4n) is 3.48. The highest BCUT2D eigenvalue weighted by molar-refractivity contribution is 5.88. The van der Waals surface area contributed by atoms with E-state index in [-0.39, 0.29) is 5.91 Å². The molecule has 1 aromatic heterocycles. The minimum atomic E-state index is 0.0414. The van der Waals surface area contributed by atoms with Crippen LogP contribution in [0.2, 0.25) is 0 Å². The number of aromatic nitrogens is 3. The maximum Gasteiger partial charge on any atom is 0.243 e. The van der Waals surface area contributed by atoms with E-state index < -0.39 is 0 Å². The number of amides is 1. The predicted octanol–water partition coefficient (Wildman–Crippen LogP) is 2.41. The molecule has 1 N–H and O–H groups in total. The Labute approximate surface area is 132 Å². The van der Waals surface area contributed by atoms with Crippen LogP contribution in [0.5, 0.6) is 0 Å². The second-order valence-electron chi connectivity index (χ2n) is 6.69. The van der Waals surface area contributed by atoms with Crippen molar-refractivity contribution < 1.29 is 4.79 Å². The molecule has 0 unspecified atom stereocenters. The molecule has 1 atom stereocenters. The summed E-state index contributed by atoms with van der Waals surface area (Å²) in [6.45, 7) is 3.90. The number of allylic oxidation sites excluding steroid dienone is 1. The van der Waals surface area contributed by atoms with Gasteiger partial charge < -0.3 is 9.88 Å². The Hall–Kier alpha value is -1.65. The lowest BCUT2D eigenvalue weighted by Gasteiger charge is -2.07. The van der Waals surface area contributed by atoms with Crippen molar-refractivity contribution >= 4 is 5.91 Å². The molecular formula is C17H26N4O. The van der Waals surface area contributed by atoms with Gasteiger partial charge in [-0.05, 0) is 38.0 Å². The molecule has 1 fully saturated rings. The van der Waals surface area contributed by atoms with Crippen LogP contribution in [0.4, 0.5) is 0 Å². The molecule has 5 heteroatoms. The standard InChI is InChI=1S/C17H26N4O/c1-13-6-7-14(11-13)12-17(22)18-9-8-16-20-19-15-5-3-2-4-10-21(15)16/h12-13H,2-11H2,1H3,(H,18,22)/b14-12-/t13-/m0/s1. The molecule has 0 saturated heterocycles. The second kappa shape index (κ2) is 7.07. The lowest BCUT2D eigenvalue weighted by atomic mass is 10.1. The molecule has 0 spiro atoms. The summed E-state index contributed by atoms with van der Waals surface area (Å²) in [4.78, 5) is 11.9. The Balaban J connectivity index is 1.49. The van der Waals surface area contributed by atoms with E-state index in [4.69, 9.17) is 0 Å². The average molecular weight is 302 g/mol. The van der Waals surface area contributed by atoms with Crippen LogP contribution in [0, 0.1) is 5.92 Å². The van der Waals surface area contributed by atoms with Crippen molar-refractivity contribution in [2.24, 2.45) is 5.92 Å². The minimum absolute atomic E-state index is 0.0414. The summed E-state index contributed by atoms with van der Waals surface area (Å²) in [5, 5.41) is 11.6. The molecule has 1 aliphatic carbocycles. The van der Waals surface area contributed by atoms with Crippen LogP contribution < -0.4 is 5.32 Å². The number of nitrogens with zero attached hydrogens (tertiary/aromatic N) is 3. The van der Waals surface area contributed by atoms with Gasteiger partial charge in [-0.25, -0.2) is 0 Å². The summed E-state index contributed by atoms with van der Waals surface area (Å²) >= 11 is 0. The number of nitrogens with one attached hydrogen (secondary N) is 1. The van der Waals surface area contributed by atoms with Crippen LogP contribution in [0.15, 0.2) is 11.6 Å². The van der Waals surface area contributed by atoms with Crippen molar-refractivity contribution in [2.75, 3.05) is 6.54 Å². The lowest BCUT2D eigenvalue weighted by molar-refractivity contribution is -0.116. The zero-order valence-corrected chi connectivity index (χ0v) is 13.5. The highest BCUT2D eigenvalue weighted by Crippen LogP contribution is 2.29. The van der Waals surface area contributed by atoms with Gasteiger partial charge in [0.25, 0.3) is 0 Å². The van der Waals surface area contributed by atoms with E-state index >= 15 is 0 Å². The summed E-state index contributed by atoms with van der Waals surface area (Å²) in [6, 6.07) is 0. The first kappa shape index (κ1) is 15.3. The number of hydrogen-bond acceptors (Lipinski definition) is 3. The zero-order chi connectivity index (χ0) is 15.4. The van der Waals surface area contributed by atoms with Crippen LogP contribution in [0.3, 0.4) is 0 Å². The summed E-state index contributed by atoms with van der Waals surface area (Å²) in [5.41, 5.74) is 1.29. The SMILES string of the molecule is C[C@H]1CC/C(=C/C(=O)NCCc2nnc3n2CCCCC3)C1. The van der Waals surface area contributed by atoms with Crippen molar-refractivity contribution in [1.29, 1.82) is 0 Å². The maximum atomic E-state index is 11.9. The second-order valence-corrected chi connectivity index (χ2v) is 6.69. The number of rotatable bonds is 4. The molecule has 1 saturated carbocycles. The highest BCUT2D eigenvalue weighted by atomic mass is 16.1. The molecule has 0 bridgehead atoms. The maximum absolute atomic E-state index is 11.9. The Morgan fingerprint density at radius 2 is 2.23 bits per heavy atom. The summed E-state index contributed by atoms with van der Waals surface area (Å²) in [6.07, 6.45) is 10.6. The summed E-state index contributed by atoms with van der Waals surface area (Å²) < 4.78 is 2.25. The first-order valence-corrected chi connectivity index (χ1v) is 8.60. The van der Waals surface area contributed by atoms with Crippen LogP contribution in [0.1, 0.15) is 57.1 Å². The number of carbonyl (C=O) groups excluding carboxylic acids is 1. The molecule has 0 aromatic carbocycles. The Bertz CT molecular complexity index is 561. The van der Waals surface area contributed by atoms with E-state index in [1.54, 1.807) is 6.08 Å². The number of fused-ring (bicyclic) bond motifs is 1. The normalized spacial score (nSPS) is 23.3. The third kappa shape index (κ3) is 3.76. The van der Waals surface area contributed by atoms with Gasteiger partial charge in [0.1, 0.15) is 11.6 Å². The molecule has 1 aromatic rings. The zero-order valence-electron chi connectivity index (χ0n) is 13.5. The van der Waals surface area contributed by atoms with Crippen molar-refractivity contribution in [3.05, 3.63) is 23.3 Å². The molecular weight excluding hydrogens is 276 g/mol. The van der Waals surface area contributed by atoms with Gasteiger partial charge in [0, 0.05) is 32.0 Å². The van der Waals surface area contributed by atoms with Gasteiger partial charge in [-0.1, -0.05) is 18.9 Å². The molecule has 5 nitrogen and oxygen atoms in total. The molecule has 120 valence electrons. The highest BCUT2D eigenvalue weighted by Gasteiger charge is 2.16. The van der Waals surface area contributed by atoms with Gasteiger partial charge in [0.05, 0.1) is 0 Å². The average Bonchev–Trinajstić information content (AvgIpc) is 2.98. The van der Waals surface area contributed by atoms with Crippen molar-refractivity contribution in [2.45, 2.75) is 64.8 Å². The number of aryl methyl sites for hydroxylation is 1. The van der Waals surface area contributed by atoms with Crippen LogP contribution in [0.25, 0.3) is 0 Å². The molecule has 1 amide bonds. The number of hydrogen-bond donors (Lipinski definition) is 1.